The van der Waals surface area contributed by atoms with Crippen LogP contribution in [-0.2, 0) is 0 Å². The molecular weight excluding hydrogens is 336 g/mol. The van der Waals surface area contributed by atoms with Crippen LogP contribution in [0.1, 0.15) is 83.1 Å². The standard InChI is InChI=1S/C24H34O3/c1-23-11-9-17(25)13-16(23)4-5-18-20-7-6-19(15-3-8-22(26)27-14-15)24(20,2)12-10-21(18)23/h3,8,14,16-21,25H,4-7,9-13H2,1-2H3/t16-,17+,18-,19+,20-,21-,23-,24+/m0/s1. The molecule has 1 heterocycles. The third kappa shape index (κ3) is 2.60. The van der Waals surface area contributed by atoms with Crippen molar-refractivity contribution in [1.29, 1.82) is 0 Å². The minimum Gasteiger partial charge on any atom is -0.431 e. The van der Waals surface area contributed by atoms with Gasteiger partial charge in [0, 0.05) is 6.07 Å². The van der Waals surface area contributed by atoms with Gasteiger partial charge >= 0.3 is 5.63 Å². The molecule has 3 nitrogen and oxygen atoms in total. The maximum atomic E-state index is 11.4. The second kappa shape index (κ2) is 6.20. The molecule has 1 aromatic rings. The van der Waals surface area contributed by atoms with Crippen LogP contribution >= 0.6 is 0 Å². The molecule has 0 radical (unpaired) electrons. The van der Waals surface area contributed by atoms with E-state index in [9.17, 15) is 9.90 Å². The van der Waals surface area contributed by atoms with Gasteiger partial charge in [-0.1, -0.05) is 13.8 Å². The van der Waals surface area contributed by atoms with E-state index in [1.165, 1.54) is 50.5 Å². The molecule has 0 amide bonds. The molecule has 5 rings (SSSR count). The van der Waals surface area contributed by atoms with Gasteiger partial charge < -0.3 is 9.52 Å². The molecule has 4 saturated carbocycles. The molecule has 1 aromatic heterocycles. The third-order valence-corrected chi connectivity index (χ3v) is 9.76. The lowest BCUT2D eigenvalue weighted by Crippen LogP contribution is -2.53. The van der Waals surface area contributed by atoms with Crippen LogP contribution in [0.5, 0.6) is 0 Å². The average molecular weight is 371 g/mol. The zero-order valence-electron chi connectivity index (χ0n) is 16.8. The predicted octanol–water partition coefficient (Wildman–Crippen LogP) is 5.13. The van der Waals surface area contributed by atoms with E-state index in [1.807, 2.05) is 6.07 Å². The smallest absolute Gasteiger partial charge is 0.335 e. The first kappa shape index (κ1) is 18.0. The third-order valence-electron chi connectivity index (χ3n) is 9.76. The maximum Gasteiger partial charge on any atom is 0.335 e. The van der Waals surface area contributed by atoms with Crippen LogP contribution in [-0.4, -0.2) is 11.2 Å². The SMILES string of the molecule is C[C@]12CC[C@@H](O)C[C@@H]1CC[C@@H]1[C@@H]2CC[C@]2(C)[C@@H](c3ccc(=O)oc3)CC[C@@H]12. The highest BCUT2D eigenvalue weighted by Crippen LogP contribution is 2.68. The highest BCUT2D eigenvalue weighted by molar-refractivity contribution is 5.22. The number of fused-ring (bicyclic) bond motifs is 5. The molecule has 0 bridgehead atoms. The second-order valence-corrected chi connectivity index (χ2v) is 10.6. The summed E-state index contributed by atoms with van der Waals surface area (Å²) >= 11 is 0. The first-order valence-corrected chi connectivity index (χ1v) is 11.2. The molecule has 0 spiro atoms. The first-order valence-electron chi connectivity index (χ1n) is 11.2. The fourth-order valence-electron chi connectivity index (χ4n) is 8.35. The Hall–Kier alpha value is -1.09. The molecule has 1 N–H and O–H groups in total. The summed E-state index contributed by atoms with van der Waals surface area (Å²) in [5, 5.41) is 10.2. The lowest BCUT2D eigenvalue weighted by atomic mass is 9.44. The molecule has 8 atom stereocenters. The van der Waals surface area contributed by atoms with E-state index in [0.717, 1.165) is 36.5 Å². The predicted molar refractivity (Wildman–Crippen MR) is 105 cm³/mol. The topological polar surface area (TPSA) is 50.4 Å². The van der Waals surface area contributed by atoms with Crippen LogP contribution in [0.15, 0.2) is 27.6 Å². The number of rotatable bonds is 1. The lowest BCUT2D eigenvalue weighted by molar-refractivity contribution is -0.122. The van der Waals surface area contributed by atoms with E-state index in [4.69, 9.17) is 4.42 Å². The van der Waals surface area contributed by atoms with Gasteiger partial charge in [0.05, 0.1) is 12.4 Å². The van der Waals surface area contributed by atoms with Gasteiger partial charge in [0.15, 0.2) is 0 Å². The van der Waals surface area contributed by atoms with E-state index >= 15 is 0 Å². The molecule has 0 aromatic carbocycles. The van der Waals surface area contributed by atoms with Crippen molar-refractivity contribution in [2.45, 2.75) is 83.7 Å². The van der Waals surface area contributed by atoms with Gasteiger partial charge in [-0.3, -0.25) is 0 Å². The Morgan fingerprint density at radius 1 is 0.963 bits per heavy atom. The minimum atomic E-state index is -0.243. The Balaban J connectivity index is 1.43. The van der Waals surface area contributed by atoms with Crippen molar-refractivity contribution in [2.75, 3.05) is 0 Å². The summed E-state index contributed by atoms with van der Waals surface area (Å²) < 4.78 is 5.22. The van der Waals surface area contributed by atoms with Gasteiger partial charge in [-0.2, -0.15) is 0 Å². The van der Waals surface area contributed by atoms with Crippen LogP contribution in [0.2, 0.25) is 0 Å². The summed E-state index contributed by atoms with van der Waals surface area (Å²) in [4.78, 5) is 11.4. The molecule has 3 heteroatoms. The fraction of sp³-hybridized carbons (Fsp3) is 0.792. The van der Waals surface area contributed by atoms with Crippen molar-refractivity contribution in [2.24, 2.45) is 34.5 Å². The van der Waals surface area contributed by atoms with Crippen LogP contribution in [0.3, 0.4) is 0 Å². The van der Waals surface area contributed by atoms with E-state index in [1.54, 1.807) is 12.3 Å². The summed E-state index contributed by atoms with van der Waals surface area (Å²) in [6, 6.07) is 3.61. The van der Waals surface area contributed by atoms with Gasteiger partial charge in [-0.15, -0.1) is 0 Å². The van der Waals surface area contributed by atoms with Crippen molar-refractivity contribution in [1.82, 2.24) is 0 Å². The number of aliphatic hydroxyl groups is 1. The van der Waals surface area contributed by atoms with E-state index in [-0.39, 0.29) is 11.7 Å². The van der Waals surface area contributed by atoms with Crippen molar-refractivity contribution in [3.63, 3.8) is 0 Å². The molecule has 4 aliphatic carbocycles. The van der Waals surface area contributed by atoms with E-state index in [2.05, 4.69) is 13.8 Å². The van der Waals surface area contributed by atoms with Crippen molar-refractivity contribution in [3.8, 4) is 0 Å². The summed E-state index contributed by atoms with van der Waals surface area (Å²) in [6.07, 6.45) is 12.8. The zero-order chi connectivity index (χ0) is 18.8. The fourth-order valence-corrected chi connectivity index (χ4v) is 8.35. The van der Waals surface area contributed by atoms with Gasteiger partial charge in [-0.25, -0.2) is 4.79 Å². The van der Waals surface area contributed by atoms with Gasteiger partial charge in [0.25, 0.3) is 0 Å². The normalized spacial score (nSPS) is 49.1. The van der Waals surface area contributed by atoms with E-state index < -0.39 is 0 Å². The molecule has 0 unspecified atom stereocenters. The number of hydrogen-bond acceptors (Lipinski definition) is 3. The second-order valence-electron chi connectivity index (χ2n) is 10.6. The van der Waals surface area contributed by atoms with Gasteiger partial charge in [0.2, 0.25) is 0 Å². The maximum absolute atomic E-state index is 11.4. The van der Waals surface area contributed by atoms with Crippen LogP contribution in [0, 0.1) is 34.5 Å². The molecule has 0 saturated heterocycles. The highest BCUT2D eigenvalue weighted by atomic mass is 16.4. The monoisotopic (exact) mass is 370 g/mol. The molecular formula is C24H34O3. The minimum absolute atomic E-state index is 0.0583. The largest absolute Gasteiger partial charge is 0.431 e. The summed E-state index contributed by atoms with van der Waals surface area (Å²) in [5.41, 5.74) is 1.78. The Bertz CT molecular complexity index is 749. The molecule has 4 aliphatic rings. The Morgan fingerprint density at radius 2 is 1.74 bits per heavy atom. The molecule has 4 fully saturated rings. The number of hydrogen-bond donors (Lipinski definition) is 1. The van der Waals surface area contributed by atoms with E-state index in [0.29, 0.717) is 16.7 Å². The Morgan fingerprint density at radius 3 is 2.52 bits per heavy atom. The summed E-state index contributed by atoms with van der Waals surface area (Å²) in [5.74, 6) is 3.76. The average Bonchev–Trinajstić information content (AvgIpc) is 3.00. The van der Waals surface area contributed by atoms with Crippen molar-refractivity contribution < 1.29 is 9.52 Å². The lowest BCUT2D eigenvalue weighted by Gasteiger charge is -2.61. The first-order chi connectivity index (χ1) is 12.9. The highest BCUT2D eigenvalue weighted by Gasteiger charge is 2.60. The quantitative estimate of drug-likeness (QED) is 0.746. The summed E-state index contributed by atoms with van der Waals surface area (Å²) in [6.45, 7) is 5.08. The Labute approximate surface area is 162 Å². The van der Waals surface area contributed by atoms with Crippen LogP contribution < -0.4 is 5.63 Å². The van der Waals surface area contributed by atoms with Crippen LogP contribution in [0.25, 0.3) is 0 Å². The zero-order valence-corrected chi connectivity index (χ0v) is 16.8. The van der Waals surface area contributed by atoms with Gasteiger partial charge in [-0.05, 0) is 110 Å². The number of aliphatic hydroxyl groups excluding tert-OH is 1. The Kier molecular flexibility index (Phi) is 4.13. The molecule has 0 aliphatic heterocycles. The summed E-state index contributed by atoms with van der Waals surface area (Å²) in [7, 11) is 0. The van der Waals surface area contributed by atoms with Crippen molar-refractivity contribution >= 4 is 0 Å². The molecule has 27 heavy (non-hydrogen) atoms. The molecule has 148 valence electrons. The van der Waals surface area contributed by atoms with Crippen LogP contribution in [0.4, 0.5) is 0 Å². The van der Waals surface area contributed by atoms with Gasteiger partial charge in [0.1, 0.15) is 0 Å². The van der Waals surface area contributed by atoms with Crippen molar-refractivity contribution in [3.05, 3.63) is 34.4 Å².